The molecule has 2 aromatic carbocycles. The number of benzene rings is 2. The molecule has 0 unspecified atom stereocenters. The maximum Gasteiger partial charge on any atom is 0.226 e. The van der Waals surface area contributed by atoms with Gasteiger partial charge in [0.05, 0.1) is 15.7 Å². The maximum atomic E-state index is 12.0. The fourth-order valence-corrected chi connectivity index (χ4v) is 2.54. The number of Topliss-reactive ketones (excluding diaryl/α,β-unsaturated/α-hetero) is 1. The van der Waals surface area contributed by atoms with E-state index in [4.69, 9.17) is 23.2 Å². The summed E-state index contributed by atoms with van der Waals surface area (Å²) in [6.07, 6.45) is 0.242. The molecule has 0 aliphatic heterocycles. The lowest BCUT2D eigenvalue weighted by molar-refractivity contribution is -0.115. The zero-order valence-electron chi connectivity index (χ0n) is 12.5. The van der Waals surface area contributed by atoms with Crippen molar-refractivity contribution in [3.05, 3.63) is 58.1 Å². The zero-order chi connectivity index (χ0) is 16.8. The number of nitrogens with one attached hydrogen (secondary N) is 2. The molecule has 0 bridgehead atoms. The Kier molecular flexibility index (Phi) is 6.02. The van der Waals surface area contributed by atoms with Crippen LogP contribution in [0.2, 0.25) is 10.0 Å². The van der Waals surface area contributed by atoms with Crippen LogP contribution < -0.4 is 10.6 Å². The monoisotopic (exact) mass is 350 g/mol. The Morgan fingerprint density at radius 1 is 1.04 bits per heavy atom. The first-order valence-corrected chi connectivity index (χ1v) is 7.81. The molecule has 0 saturated carbocycles. The highest BCUT2D eigenvalue weighted by Crippen LogP contribution is 2.29. The Morgan fingerprint density at radius 3 is 2.35 bits per heavy atom. The van der Waals surface area contributed by atoms with E-state index in [9.17, 15) is 9.59 Å². The van der Waals surface area contributed by atoms with Crippen molar-refractivity contribution in [3.8, 4) is 0 Å². The molecule has 120 valence electrons. The molecular formula is C17H16Cl2N2O2. The number of rotatable bonds is 6. The van der Waals surface area contributed by atoms with E-state index in [1.165, 1.54) is 6.92 Å². The van der Waals surface area contributed by atoms with Crippen LogP contribution in [0.25, 0.3) is 0 Å². The fourth-order valence-electron chi connectivity index (χ4n) is 2.01. The third kappa shape index (κ3) is 4.98. The van der Waals surface area contributed by atoms with Crippen LogP contribution in [0, 0.1) is 0 Å². The molecular weight excluding hydrogens is 335 g/mol. The summed E-state index contributed by atoms with van der Waals surface area (Å²) in [5, 5.41) is 6.82. The maximum absolute atomic E-state index is 12.0. The van der Waals surface area contributed by atoms with Gasteiger partial charge in [-0.05, 0) is 31.2 Å². The van der Waals surface area contributed by atoms with E-state index >= 15 is 0 Å². The molecule has 23 heavy (non-hydrogen) atoms. The molecule has 0 atom stereocenters. The van der Waals surface area contributed by atoms with E-state index in [1.54, 1.807) is 42.5 Å². The lowest BCUT2D eigenvalue weighted by atomic mass is 10.1. The van der Waals surface area contributed by atoms with E-state index < -0.39 is 0 Å². The summed E-state index contributed by atoms with van der Waals surface area (Å²) >= 11 is 12.1. The topological polar surface area (TPSA) is 58.2 Å². The van der Waals surface area contributed by atoms with Crippen molar-refractivity contribution in [2.24, 2.45) is 0 Å². The number of para-hydroxylation sites is 1. The zero-order valence-corrected chi connectivity index (χ0v) is 14.0. The summed E-state index contributed by atoms with van der Waals surface area (Å²) in [5.74, 6) is -0.211. The first kappa shape index (κ1) is 17.3. The van der Waals surface area contributed by atoms with Gasteiger partial charge in [-0.15, -0.1) is 0 Å². The molecule has 0 aromatic heterocycles. The van der Waals surface area contributed by atoms with Gasteiger partial charge in [0.2, 0.25) is 5.91 Å². The second kappa shape index (κ2) is 7.99. The lowest BCUT2D eigenvalue weighted by Crippen LogP contribution is -2.16. The Morgan fingerprint density at radius 2 is 1.70 bits per heavy atom. The fraction of sp³-hybridized carbons (Fsp3) is 0.176. The van der Waals surface area contributed by atoms with Crippen molar-refractivity contribution in [2.45, 2.75) is 13.3 Å². The van der Waals surface area contributed by atoms with E-state index in [2.05, 4.69) is 10.6 Å². The summed E-state index contributed by atoms with van der Waals surface area (Å²) in [6.45, 7) is 1.87. The molecule has 6 heteroatoms. The summed E-state index contributed by atoms with van der Waals surface area (Å²) in [4.78, 5) is 23.3. The number of carbonyl (C=O) groups is 2. The van der Waals surface area contributed by atoms with Gasteiger partial charge in [-0.2, -0.15) is 0 Å². The molecule has 2 aromatic rings. The first-order chi connectivity index (χ1) is 11.0. The molecule has 4 nitrogen and oxygen atoms in total. The molecule has 0 spiro atoms. The highest BCUT2D eigenvalue weighted by molar-refractivity contribution is 6.39. The van der Waals surface area contributed by atoms with Crippen molar-refractivity contribution in [3.63, 3.8) is 0 Å². The predicted octanol–water partition coefficient (Wildman–Crippen LogP) is 4.64. The van der Waals surface area contributed by atoms with Gasteiger partial charge in [0.25, 0.3) is 0 Å². The van der Waals surface area contributed by atoms with Crippen molar-refractivity contribution >= 4 is 46.3 Å². The van der Waals surface area contributed by atoms with Crippen molar-refractivity contribution in [1.29, 1.82) is 0 Å². The first-order valence-electron chi connectivity index (χ1n) is 7.06. The smallest absolute Gasteiger partial charge is 0.226 e. The highest BCUT2D eigenvalue weighted by Gasteiger charge is 2.07. The number of amides is 1. The Labute approximate surface area is 144 Å². The molecule has 1 amide bonds. The van der Waals surface area contributed by atoms with Crippen LogP contribution in [0.5, 0.6) is 0 Å². The minimum Gasteiger partial charge on any atom is -0.382 e. The molecule has 0 aliphatic carbocycles. The summed E-state index contributed by atoms with van der Waals surface area (Å²) in [7, 11) is 0. The lowest BCUT2D eigenvalue weighted by Gasteiger charge is -2.10. The van der Waals surface area contributed by atoms with Crippen LogP contribution in [-0.2, 0) is 4.79 Å². The second-order valence-corrected chi connectivity index (χ2v) is 5.77. The van der Waals surface area contributed by atoms with Crippen LogP contribution in [0.3, 0.4) is 0 Å². The van der Waals surface area contributed by atoms with Gasteiger partial charge in [0, 0.05) is 24.2 Å². The van der Waals surface area contributed by atoms with Crippen LogP contribution in [-0.4, -0.2) is 18.2 Å². The van der Waals surface area contributed by atoms with Crippen molar-refractivity contribution in [1.82, 2.24) is 0 Å². The number of carbonyl (C=O) groups excluding carboxylic acids is 2. The Balaban J connectivity index is 1.88. The second-order valence-electron chi connectivity index (χ2n) is 4.96. The van der Waals surface area contributed by atoms with Gasteiger partial charge >= 0.3 is 0 Å². The molecule has 2 N–H and O–H groups in total. The van der Waals surface area contributed by atoms with Crippen LogP contribution >= 0.6 is 23.2 Å². The largest absolute Gasteiger partial charge is 0.382 e. The molecule has 0 aliphatic rings. The van der Waals surface area contributed by atoms with Gasteiger partial charge in [-0.1, -0.05) is 41.4 Å². The van der Waals surface area contributed by atoms with E-state index in [0.717, 1.165) is 0 Å². The molecule has 0 heterocycles. The van der Waals surface area contributed by atoms with Crippen LogP contribution in [0.4, 0.5) is 11.4 Å². The van der Waals surface area contributed by atoms with Crippen molar-refractivity contribution < 1.29 is 9.59 Å². The van der Waals surface area contributed by atoms with Gasteiger partial charge < -0.3 is 10.6 Å². The number of halogens is 2. The van der Waals surface area contributed by atoms with Gasteiger partial charge in [0.1, 0.15) is 0 Å². The average Bonchev–Trinajstić information content (AvgIpc) is 2.50. The predicted molar refractivity (Wildman–Crippen MR) is 94.6 cm³/mol. The third-order valence-corrected chi connectivity index (χ3v) is 3.80. The van der Waals surface area contributed by atoms with E-state index in [-0.39, 0.29) is 18.1 Å². The van der Waals surface area contributed by atoms with E-state index in [1.807, 2.05) is 0 Å². The summed E-state index contributed by atoms with van der Waals surface area (Å²) < 4.78 is 0. The SMILES string of the molecule is CC(=O)c1cccc(NC(=O)CCNc2c(Cl)cccc2Cl)c1. The third-order valence-electron chi connectivity index (χ3n) is 3.17. The van der Waals surface area contributed by atoms with Crippen LogP contribution in [0.15, 0.2) is 42.5 Å². The van der Waals surface area contributed by atoms with E-state index in [0.29, 0.717) is 33.5 Å². The summed E-state index contributed by atoms with van der Waals surface area (Å²) in [6, 6.07) is 12.0. The Hall–Kier alpha value is -2.04. The van der Waals surface area contributed by atoms with Gasteiger partial charge in [-0.3, -0.25) is 9.59 Å². The standard InChI is InChI=1S/C17H16Cl2N2O2/c1-11(22)12-4-2-5-13(10-12)21-16(23)8-9-20-17-14(18)6-3-7-15(17)19/h2-7,10,20H,8-9H2,1H3,(H,21,23). The normalized spacial score (nSPS) is 10.2. The highest BCUT2D eigenvalue weighted by atomic mass is 35.5. The molecule has 2 rings (SSSR count). The quantitative estimate of drug-likeness (QED) is 0.746. The summed E-state index contributed by atoms with van der Waals surface area (Å²) in [5.41, 5.74) is 1.77. The number of ketones is 1. The molecule has 0 saturated heterocycles. The molecule has 0 radical (unpaired) electrons. The number of hydrogen-bond donors (Lipinski definition) is 2. The average molecular weight is 351 g/mol. The minimum atomic E-state index is -0.165. The van der Waals surface area contributed by atoms with Crippen LogP contribution in [0.1, 0.15) is 23.7 Å². The number of anilines is 2. The molecule has 0 fully saturated rings. The van der Waals surface area contributed by atoms with Gasteiger partial charge in [-0.25, -0.2) is 0 Å². The minimum absolute atomic E-state index is 0.0453. The van der Waals surface area contributed by atoms with Crippen molar-refractivity contribution in [2.75, 3.05) is 17.2 Å². The Bertz CT molecular complexity index is 712. The number of hydrogen-bond acceptors (Lipinski definition) is 3. The van der Waals surface area contributed by atoms with Gasteiger partial charge in [0.15, 0.2) is 5.78 Å².